The maximum atomic E-state index is 11.4. The number of hydrogen-bond acceptors (Lipinski definition) is 2. The summed E-state index contributed by atoms with van der Waals surface area (Å²) in [6.07, 6.45) is 1.11. The van der Waals surface area contributed by atoms with E-state index in [0.29, 0.717) is 22.9 Å². The highest BCUT2D eigenvalue weighted by atomic mass is 79.9. The van der Waals surface area contributed by atoms with Gasteiger partial charge >= 0.3 is 5.97 Å². The van der Waals surface area contributed by atoms with Gasteiger partial charge in [-0.1, -0.05) is 34.1 Å². The Kier molecular flexibility index (Phi) is 2.87. The molecule has 1 aromatic rings. The van der Waals surface area contributed by atoms with Crippen molar-refractivity contribution in [3.63, 3.8) is 0 Å². The van der Waals surface area contributed by atoms with Gasteiger partial charge in [0.05, 0.1) is 12.2 Å². The van der Waals surface area contributed by atoms with Crippen LogP contribution in [0.1, 0.15) is 16.8 Å². The van der Waals surface area contributed by atoms with Crippen molar-refractivity contribution in [2.75, 3.05) is 6.61 Å². The molecule has 14 heavy (non-hydrogen) atoms. The summed E-state index contributed by atoms with van der Waals surface area (Å²) in [6.45, 7) is 0.531. The highest BCUT2D eigenvalue weighted by molar-refractivity contribution is 9.09. The van der Waals surface area contributed by atoms with E-state index in [0.717, 1.165) is 6.42 Å². The third kappa shape index (κ3) is 2.35. The Morgan fingerprint density at radius 2 is 2.07 bits per heavy atom. The van der Waals surface area contributed by atoms with Crippen LogP contribution in [0.4, 0.5) is 0 Å². The van der Waals surface area contributed by atoms with Crippen molar-refractivity contribution in [2.24, 2.45) is 5.92 Å². The first-order valence-electron chi connectivity index (χ1n) is 4.63. The van der Waals surface area contributed by atoms with Gasteiger partial charge in [-0.05, 0) is 18.6 Å². The molecule has 0 heterocycles. The summed E-state index contributed by atoms with van der Waals surface area (Å²) >= 11 is 3.46. The topological polar surface area (TPSA) is 26.3 Å². The average molecular weight is 255 g/mol. The zero-order valence-electron chi connectivity index (χ0n) is 7.65. The molecule has 0 aromatic heterocycles. The molecule has 0 N–H and O–H groups in total. The molecule has 1 aliphatic carbocycles. The first kappa shape index (κ1) is 9.71. The molecule has 0 bridgehead atoms. The molecule has 2 atom stereocenters. The van der Waals surface area contributed by atoms with Gasteiger partial charge in [0.15, 0.2) is 0 Å². The van der Waals surface area contributed by atoms with E-state index in [1.54, 1.807) is 12.1 Å². The monoisotopic (exact) mass is 254 g/mol. The highest BCUT2D eigenvalue weighted by Gasteiger charge is 2.35. The van der Waals surface area contributed by atoms with Crippen LogP contribution in [0.2, 0.25) is 0 Å². The van der Waals surface area contributed by atoms with Gasteiger partial charge < -0.3 is 4.74 Å². The van der Waals surface area contributed by atoms with Crippen LogP contribution in [0.5, 0.6) is 0 Å². The summed E-state index contributed by atoms with van der Waals surface area (Å²) in [5.41, 5.74) is 0.624. The van der Waals surface area contributed by atoms with Crippen molar-refractivity contribution in [3.8, 4) is 0 Å². The van der Waals surface area contributed by atoms with Gasteiger partial charge in [0.2, 0.25) is 0 Å². The number of rotatable bonds is 3. The number of halogens is 1. The molecule has 0 amide bonds. The molecule has 2 rings (SSSR count). The molecule has 0 unspecified atom stereocenters. The molecule has 0 aliphatic heterocycles. The van der Waals surface area contributed by atoms with Crippen LogP contribution in [0.3, 0.4) is 0 Å². The fourth-order valence-corrected chi connectivity index (χ4v) is 1.86. The molecule has 1 fully saturated rings. The summed E-state index contributed by atoms with van der Waals surface area (Å²) in [5, 5.41) is 0. The predicted molar refractivity (Wildman–Crippen MR) is 57.5 cm³/mol. The lowest BCUT2D eigenvalue weighted by Crippen LogP contribution is -2.07. The Bertz CT molecular complexity index is 323. The average Bonchev–Trinajstić information content (AvgIpc) is 2.92. The molecule has 1 aliphatic rings. The van der Waals surface area contributed by atoms with Gasteiger partial charge in [0.1, 0.15) is 0 Å². The molecule has 0 saturated heterocycles. The fourth-order valence-electron chi connectivity index (χ4n) is 1.22. The molecule has 1 aromatic carbocycles. The van der Waals surface area contributed by atoms with Crippen LogP contribution in [-0.4, -0.2) is 17.4 Å². The number of hydrogen-bond donors (Lipinski definition) is 0. The Labute approximate surface area is 91.4 Å². The number of alkyl halides is 1. The van der Waals surface area contributed by atoms with Crippen molar-refractivity contribution in [2.45, 2.75) is 11.2 Å². The first-order valence-corrected chi connectivity index (χ1v) is 5.55. The summed E-state index contributed by atoms with van der Waals surface area (Å²) in [4.78, 5) is 12.0. The second kappa shape index (κ2) is 4.13. The normalized spacial score (nSPS) is 24.4. The number of carbonyl (C=O) groups is 1. The van der Waals surface area contributed by atoms with Gasteiger partial charge in [0, 0.05) is 10.7 Å². The second-order valence-electron chi connectivity index (χ2n) is 3.48. The van der Waals surface area contributed by atoms with E-state index >= 15 is 0 Å². The smallest absolute Gasteiger partial charge is 0.338 e. The van der Waals surface area contributed by atoms with Gasteiger partial charge in [-0.2, -0.15) is 0 Å². The lowest BCUT2D eigenvalue weighted by atomic mass is 10.2. The van der Waals surface area contributed by atoms with Gasteiger partial charge in [-0.15, -0.1) is 0 Å². The molecule has 1 saturated carbocycles. The molecule has 3 heteroatoms. The van der Waals surface area contributed by atoms with E-state index in [1.807, 2.05) is 18.2 Å². The Morgan fingerprint density at radius 1 is 1.43 bits per heavy atom. The minimum Gasteiger partial charge on any atom is -0.462 e. The molecule has 0 radical (unpaired) electrons. The van der Waals surface area contributed by atoms with Crippen molar-refractivity contribution < 1.29 is 9.53 Å². The van der Waals surface area contributed by atoms with Crippen LogP contribution < -0.4 is 0 Å². The number of esters is 1. The summed E-state index contributed by atoms with van der Waals surface area (Å²) in [5.74, 6) is 0.292. The van der Waals surface area contributed by atoms with Crippen LogP contribution in [0.25, 0.3) is 0 Å². The fraction of sp³-hybridized carbons (Fsp3) is 0.364. The van der Waals surface area contributed by atoms with E-state index in [2.05, 4.69) is 15.9 Å². The highest BCUT2D eigenvalue weighted by Crippen LogP contribution is 2.37. The van der Waals surface area contributed by atoms with Crippen molar-refractivity contribution in [1.29, 1.82) is 0 Å². The molecular formula is C11H11BrO2. The maximum absolute atomic E-state index is 11.4. The van der Waals surface area contributed by atoms with E-state index in [4.69, 9.17) is 4.74 Å². The summed E-state index contributed by atoms with van der Waals surface area (Å²) in [6, 6.07) is 9.08. The van der Waals surface area contributed by atoms with Crippen molar-refractivity contribution >= 4 is 21.9 Å². The summed E-state index contributed by atoms with van der Waals surface area (Å²) in [7, 11) is 0. The zero-order valence-corrected chi connectivity index (χ0v) is 9.24. The SMILES string of the molecule is O=C(OC[C@H]1C[C@@H]1Br)c1ccccc1. The van der Waals surface area contributed by atoms with E-state index in [9.17, 15) is 4.79 Å². The van der Waals surface area contributed by atoms with E-state index in [1.165, 1.54) is 0 Å². The van der Waals surface area contributed by atoms with Gasteiger partial charge in [0.25, 0.3) is 0 Å². The van der Waals surface area contributed by atoms with Crippen molar-refractivity contribution in [1.82, 2.24) is 0 Å². The second-order valence-corrected chi connectivity index (χ2v) is 4.65. The van der Waals surface area contributed by atoms with Gasteiger partial charge in [-0.25, -0.2) is 4.79 Å². The maximum Gasteiger partial charge on any atom is 0.338 e. The van der Waals surface area contributed by atoms with Crippen molar-refractivity contribution in [3.05, 3.63) is 35.9 Å². The predicted octanol–water partition coefficient (Wildman–Crippen LogP) is 2.63. The molecule has 2 nitrogen and oxygen atoms in total. The number of benzene rings is 1. The Morgan fingerprint density at radius 3 is 2.64 bits per heavy atom. The summed E-state index contributed by atoms with van der Waals surface area (Å²) < 4.78 is 5.15. The van der Waals surface area contributed by atoms with Gasteiger partial charge in [-0.3, -0.25) is 0 Å². The lowest BCUT2D eigenvalue weighted by molar-refractivity contribution is 0.0487. The van der Waals surface area contributed by atoms with Crippen LogP contribution in [0.15, 0.2) is 30.3 Å². The Balaban J connectivity index is 1.84. The standard InChI is InChI=1S/C11H11BrO2/c12-10-6-9(10)7-14-11(13)8-4-2-1-3-5-8/h1-5,9-10H,6-7H2/t9-,10+/m1/s1. The van der Waals surface area contributed by atoms with E-state index < -0.39 is 0 Å². The quantitative estimate of drug-likeness (QED) is 0.613. The zero-order chi connectivity index (χ0) is 9.97. The first-order chi connectivity index (χ1) is 6.77. The van der Waals surface area contributed by atoms with Crippen LogP contribution in [0, 0.1) is 5.92 Å². The van der Waals surface area contributed by atoms with Crippen LogP contribution in [-0.2, 0) is 4.74 Å². The number of carbonyl (C=O) groups excluding carboxylic acids is 1. The van der Waals surface area contributed by atoms with Crippen LogP contribution >= 0.6 is 15.9 Å². The van der Waals surface area contributed by atoms with E-state index in [-0.39, 0.29) is 5.97 Å². The minimum atomic E-state index is -0.225. The molecule has 0 spiro atoms. The largest absolute Gasteiger partial charge is 0.462 e. The Hall–Kier alpha value is -0.830. The minimum absolute atomic E-state index is 0.225. The third-order valence-corrected chi connectivity index (χ3v) is 3.40. The number of ether oxygens (including phenoxy) is 1. The molecule has 74 valence electrons. The lowest BCUT2D eigenvalue weighted by Gasteiger charge is -2.02. The third-order valence-electron chi connectivity index (χ3n) is 2.27. The molecular weight excluding hydrogens is 244 g/mol.